The molecule has 1 unspecified atom stereocenters. The smallest absolute Gasteiger partial charge is 0.207 e. The fraction of sp³-hybridized carbons (Fsp3) is 0.538. The Morgan fingerprint density at radius 2 is 1.94 bits per heavy atom. The average molecular weight is 334 g/mol. The Kier molecular flexibility index (Phi) is 5.37. The second kappa shape index (κ2) is 6.17. The fourth-order valence-electron chi connectivity index (χ4n) is 1.86. The van der Waals surface area contributed by atoms with Crippen molar-refractivity contribution in [1.29, 1.82) is 0 Å². The quantitative estimate of drug-likeness (QED) is 0.826. The van der Waals surface area contributed by atoms with E-state index in [9.17, 15) is 8.42 Å². The van der Waals surface area contributed by atoms with Crippen molar-refractivity contribution >= 4 is 26.0 Å². The molecule has 1 aromatic carbocycles. The van der Waals surface area contributed by atoms with Gasteiger partial charge in [-0.15, -0.1) is 0 Å². The van der Waals surface area contributed by atoms with E-state index in [4.69, 9.17) is 0 Å². The zero-order chi connectivity index (χ0) is 13.9. The summed E-state index contributed by atoms with van der Waals surface area (Å²) < 4.78 is 27.4. The first-order valence-electron chi connectivity index (χ1n) is 6.12. The van der Waals surface area contributed by atoms with E-state index in [1.807, 2.05) is 39.8 Å². The highest BCUT2D eigenvalue weighted by Gasteiger charge is 2.28. The van der Waals surface area contributed by atoms with Gasteiger partial charge in [0.1, 0.15) is 0 Å². The standard InChI is InChI=1S/C13H20BrNO2S/c1-5-11(4)15(6-2)18(16,17)13-8-7-10(3)9-12(13)14/h7-9,11H,5-6H2,1-4H3. The molecule has 5 heteroatoms. The summed E-state index contributed by atoms with van der Waals surface area (Å²) in [6, 6.07) is 5.33. The van der Waals surface area contributed by atoms with Crippen LogP contribution < -0.4 is 0 Å². The van der Waals surface area contributed by atoms with Gasteiger partial charge in [0.15, 0.2) is 0 Å². The highest BCUT2D eigenvalue weighted by atomic mass is 79.9. The number of rotatable bonds is 5. The maximum absolute atomic E-state index is 12.6. The first-order chi connectivity index (χ1) is 8.34. The van der Waals surface area contributed by atoms with Crippen LogP contribution in [0.3, 0.4) is 0 Å². The normalized spacial score (nSPS) is 13.9. The molecule has 1 rings (SSSR count). The van der Waals surface area contributed by atoms with Crippen molar-refractivity contribution < 1.29 is 8.42 Å². The number of sulfonamides is 1. The predicted molar refractivity (Wildman–Crippen MR) is 78.2 cm³/mol. The summed E-state index contributed by atoms with van der Waals surface area (Å²) in [5.41, 5.74) is 1.03. The van der Waals surface area contributed by atoms with Crippen molar-refractivity contribution in [3.8, 4) is 0 Å². The van der Waals surface area contributed by atoms with Gasteiger partial charge in [-0.2, -0.15) is 4.31 Å². The lowest BCUT2D eigenvalue weighted by Crippen LogP contribution is -2.38. The van der Waals surface area contributed by atoms with Crippen molar-refractivity contribution in [1.82, 2.24) is 4.31 Å². The number of aryl methyl sites for hydroxylation is 1. The Hall–Kier alpha value is -0.390. The molecule has 0 saturated heterocycles. The highest BCUT2D eigenvalue weighted by Crippen LogP contribution is 2.27. The molecule has 0 fully saturated rings. The molecule has 1 aromatic rings. The largest absolute Gasteiger partial charge is 0.244 e. The Labute approximate surface area is 118 Å². The number of nitrogens with zero attached hydrogens (tertiary/aromatic N) is 1. The number of hydrogen-bond donors (Lipinski definition) is 0. The molecule has 0 aliphatic heterocycles. The molecule has 3 nitrogen and oxygen atoms in total. The van der Waals surface area contributed by atoms with Crippen molar-refractivity contribution in [3.05, 3.63) is 28.2 Å². The minimum Gasteiger partial charge on any atom is -0.207 e. The Bertz CT molecular complexity index is 514. The van der Waals surface area contributed by atoms with Crippen LogP contribution in [0, 0.1) is 6.92 Å². The van der Waals surface area contributed by atoms with Crippen LogP contribution in [0.4, 0.5) is 0 Å². The molecular weight excluding hydrogens is 314 g/mol. The molecule has 0 aliphatic rings. The molecule has 18 heavy (non-hydrogen) atoms. The molecule has 0 amide bonds. The first-order valence-corrected chi connectivity index (χ1v) is 8.35. The average Bonchev–Trinajstić information content (AvgIpc) is 2.28. The highest BCUT2D eigenvalue weighted by molar-refractivity contribution is 9.10. The van der Waals surface area contributed by atoms with Gasteiger partial charge in [0.05, 0.1) is 4.90 Å². The van der Waals surface area contributed by atoms with E-state index >= 15 is 0 Å². The van der Waals surface area contributed by atoms with E-state index in [-0.39, 0.29) is 6.04 Å². The number of benzene rings is 1. The first kappa shape index (κ1) is 15.7. The minimum atomic E-state index is -3.42. The van der Waals surface area contributed by atoms with E-state index in [1.54, 1.807) is 10.4 Å². The van der Waals surface area contributed by atoms with Crippen LogP contribution in [0.5, 0.6) is 0 Å². The molecule has 0 N–H and O–H groups in total. The summed E-state index contributed by atoms with van der Waals surface area (Å²) >= 11 is 3.35. The lowest BCUT2D eigenvalue weighted by molar-refractivity contribution is 0.342. The van der Waals surface area contributed by atoms with Gasteiger partial charge in [0.25, 0.3) is 0 Å². The van der Waals surface area contributed by atoms with Crippen LogP contribution in [0.25, 0.3) is 0 Å². The van der Waals surface area contributed by atoms with Crippen LogP contribution in [0.15, 0.2) is 27.6 Å². The van der Waals surface area contributed by atoms with Crippen LogP contribution in [-0.2, 0) is 10.0 Å². The summed E-state index contributed by atoms with van der Waals surface area (Å²) in [7, 11) is -3.42. The van der Waals surface area contributed by atoms with Gasteiger partial charge in [-0.05, 0) is 53.9 Å². The molecule has 0 radical (unpaired) electrons. The zero-order valence-corrected chi connectivity index (χ0v) is 13.7. The Morgan fingerprint density at radius 3 is 2.39 bits per heavy atom. The van der Waals surface area contributed by atoms with Crippen LogP contribution in [0.2, 0.25) is 0 Å². The zero-order valence-electron chi connectivity index (χ0n) is 11.3. The van der Waals surface area contributed by atoms with Crippen molar-refractivity contribution in [3.63, 3.8) is 0 Å². The van der Waals surface area contributed by atoms with Gasteiger partial charge < -0.3 is 0 Å². The van der Waals surface area contributed by atoms with Gasteiger partial charge in [-0.25, -0.2) is 8.42 Å². The molecule has 0 aromatic heterocycles. The van der Waals surface area contributed by atoms with Crippen molar-refractivity contribution in [2.24, 2.45) is 0 Å². The maximum Gasteiger partial charge on any atom is 0.244 e. The second-order valence-corrected chi connectivity index (χ2v) is 7.11. The number of halogens is 1. The Morgan fingerprint density at radius 1 is 1.33 bits per heavy atom. The summed E-state index contributed by atoms with van der Waals surface area (Å²) in [6.07, 6.45) is 0.802. The lowest BCUT2D eigenvalue weighted by Gasteiger charge is -2.26. The second-order valence-electron chi connectivity index (χ2n) is 4.40. The van der Waals surface area contributed by atoms with Gasteiger partial charge in [-0.3, -0.25) is 0 Å². The van der Waals surface area contributed by atoms with Gasteiger partial charge in [-0.1, -0.05) is 19.9 Å². The fourth-order valence-corrected chi connectivity index (χ4v) is 4.73. The molecule has 0 saturated carbocycles. The SMILES string of the molecule is CCC(C)N(CC)S(=O)(=O)c1ccc(C)cc1Br. The van der Waals surface area contributed by atoms with Crippen molar-refractivity contribution in [2.75, 3.05) is 6.54 Å². The van der Waals surface area contributed by atoms with Gasteiger partial charge in [0, 0.05) is 17.1 Å². The minimum absolute atomic E-state index is 0.00760. The predicted octanol–water partition coefficient (Wildman–Crippen LogP) is 3.57. The summed E-state index contributed by atoms with van der Waals surface area (Å²) in [4.78, 5) is 0.343. The molecule has 0 aliphatic carbocycles. The number of hydrogen-bond acceptors (Lipinski definition) is 2. The molecule has 0 heterocycles. The van der Waals surface area contributed by atoms with E-state index in [0.29, 0.717) is 15.9 Å². The van der Waals surface area contributed by atoms with Crippen LogP contribution in [-0.4, -0.2) is 25.3 Å². The summed E-state index contributed by atoms with van der Waals surface area (Å²) in [5.74, 6) is 0. The van der Waals surface area contributed by atoms with Gasteiger partial charge in [0.2, 0.25) is 10.0 Å². The maximum atomic E-state index is 12.6. The Balaban J connectivity index is 3.27. The molecule has 0 spiro atoms. The van der Waals surface area contributed by atoms with Gasteiger partial charge >= 0.3 is 0 Å². The molecule has 1 atom stereocenters. The van der Waals surface area contributed by atoms with Crippen molar-refractivity contribution in [2.45, 2.75) is 45.1 Å². The third kappa shape index (κ3) is 3.13. The molecular formula is C13H20BrNO2S. The van der Waals surface area contributed by atoms with E-state index in [2.05, 4.69) is 15.9 Å². The molecule has 102 valence electrons. The van der Waals surface area contributed by atoms with E-state index < -0.39 is 10.0 Å². The van der Waals surface area contributed by atoms with Crippen LogP contribution >= 0.6 is 15.9 Å². The van der Waals surface area contributed by atoms with E-state index in [1.165, 1.54) is 0 Å². The van der Waals surface area contributed by atoms with Crippen LogP contribution in [0.1, 0.15) is 32.8 Å². The topological polar surface area (TPSA) is 37.4 Å². The summed E-state index contributed by atoms with van der Waals surface area (Å²) in [5, 5.41) is 0. The molecule has 0 bridgehead atoms. The third-order valence-corrected chi connectivity index (χ3v) is 6.13. The van der Waals surface area contributed by atoms with E-state index in [0.717, 1.165) is 12.0 Å². The third-order valence-electron chi connectivity index (χ3n) is 3.07. The lowest BCUT2D eigenvalue weighted by atomic mass is 10.2. The monoisotopic (exact) mass is 333 g/mol. The summed E-state index contributed by atoms with van der Waals surface area (Å²) in [6.45, 7) is 8.22.